The van der Waals surface area contributed by atoms with E-state index < -0.39 is 4.92 Å². The first-order valence-electron chi connectivity index (χ1n) is 7.00. The third-order valence-electron chi connectivity index (χ3n) is 3.16. The molecule has 0 spiro atoms. The molecule has 0 aliphatic rings. The minimum atomic E-state index is -0.425. The van der Waals surface area contributed by atoms with Gasteiger partial charge in [-0.05, 0) is 24.5 Å². The second-order valence-electron chi connectivity index (χ2n) is 4.66. The second kappa shape index (κ2) is 6.78. The van der Waals surface area contributed by atoms with Gasteiger partial charge in [-0.2, -0.15) is 0 Å². The predicted molar refractivity (Wildman–Crippen MR) is 82.3 cm³/mol. The van der Waals surface area contributed by atoms with Crippen molar-refractivity contribution in [1.82, 2.24) is 9.97 Å². The summed E-state index contributed by atoms with van der Waals surface area (Å²) in [5.41, 5.74) is 2.13. The molecule has 1 aromatic carbocycles. The molecule has 6 heteroatoms. The fourth-order valence-corrected chi connectivity index (χ4v) is 2.07. The number of nitro groups is 1. The van der Waals surface area contributed by atoms with Crippen LogP contribution >= 0.6 is 0 Å². The summed E-state index contributed by atoms with van der Waals surface area (Å²) >= 11 is 0. The van der Waals surface area contributed by atoms with Crippen LogP contribution in [0.3, 0.4) is 0 Å². The average molecular weight is 286 g/mol. The van der Waals surface area contributed by atoms with Crippen LogP contribution < -0.4 is 5.32 Å². The molecule has 0 fully saturated rings. The summed E-state index contributed by atoms with van der Waals surface area (Å²) in [4.78, 5) is 19.1. The van der Waals surface area contributed by atoms with Crippen molar-refractivity contribution in [3.05, 3.63) is 46.3 Å². The molecule has 0 atom stereocenters. The quantitative estimate of drug-likeness (QED) is 0.650. The molecule has 1 heterocycles. The minimum absolute atomic E-state index is 0.0702. The zero-order valence-electron chi connectivity index (χ0n) is 12.2. The molecule has 0 bridgehead atoms. The van der Waals surface area contributed by atoms with Gasteiger partial charge in [0.25, 0.3) is 0 Å². The van der Waals surface area contributed by atoms with E-state index in [1.807, 2.05) is 38.1 Å². The summed E-state index contributed by atoms with van der Waals surface area (Å²) in [6.45, 7) is 4.67. The van der Waals surface area contributed by atoms with Crippen molar-refractivity contribution in [1.29, 1.82) is 0 Å². The van der Waals surface area contributed by atoms with Crippen molar-refractivity contribution in [2.45, 2.75) is 26.7 Å². The zero-order valence-corrected chi connectivity index (χ0v) is 12.2. The molecule has 0 saturated heterocycles. The maximum absolute atomic E-state index is 11.4. The Balaban J connectivity index is 2.54. The zero-order chi connectivity index (χ0) is 15.2. The van der Waals surface area contributed by atoms with Gasteiger partial charge < -0.3 is 5.32 Å². The van der Waals surface area contributed by atoms with Gasteiger partial charge in [0.15, 0.2) is 5.69 Å². The van der Waals surface area contributed by atoms with E-state index in [-0.39, 0.29) is 11.5 Å². The number of anilines is 1. The molecule has 1 aromatic heterocycles. The highest BCUT2D eigenvalue weighted by Gasteiger charge is 2.23. The number of benzene rings is 1. The summed E-state index contributed by atoms with van der Waals surface area (Å²) in [6.07, 6.45) is 3.09. The number of hydrogen-bond donors (Lipinski definition) is 1. The van der Waals surface area contributed by atoms with Crippen LogP contribution in [0, 0.1) is 10.1 Å². The lowest BCUT2D eigenvalue weighted by Crippen LogP contribution is -2.07. The molecule has 21 heavy (non-hydrogen) atoms. The number of nitrogens with one attached hydrogen (secondary N) is 1. The Hall–Kier alpha value is -2.50. The first-order valence-corrected chi connectivity index (χ1v) is 7.00. The van der Waals surface area contributed by atoms with Crippen molar-refractivity contribution in [3.8, 4) is 11.3 Å². The Morgan fingerprint density at radius 1 is 1.29 bits per heavy atom. The summed E-state index contributed by atoms with van der Waals surface area (Å²) in [5.74, 6) is 0.272. The molecule has 1 N–H and O–H groups in total. The van der Waals surface area contributed by atoms with Crippen molar-refractivity contribution in [2.75, 3.05) is 11.9 Å². The van der Waals surface area contributed by atoms with Gasteiger partial charge in [0.1, 0.15) is 6.33 Å². The van der Waals surface area contributed by atoms with Crippen molar-refractivity contribution in [3.63, 3.8) is 0 Å². The third kappa shape index (κ3) is 3.34. The summed E-state index contributed by atoms with van der Waals surface area (Å²) in [6, 6.07) is 7.64. The standard InChI is InChI=1S/C15H18N4O2/c1-3-8-16-15-14(19(20)21)13(17-10-18-15)12-7-5-6-11(4-2)9-12/h5-7,9-10H,3-4,8H2,1-2H3,(H,16,17,18). The number of aromatic nitrogens is 2. The average Bonchev–Trinajstić information content (AvgIpc) is 2.52. The van der Waals surface area contributed by atoms with Crippen LogP contribution in [-0.4, -0.2) is 21.4 Å². The Morgan fingerprint density at radius 3 is 2.76 bits per heavy atom. The highest BCUT2D eigenvalue weighted by Crippen LogP contribution is 2.33. The Labute approximate surface area is 123 Å². The molecule has 2 rings (SSSR count). The largest absolute Gasteiger partial charge is 0.364 e. The molecular weight excluding hydrogens is 268 g/mol. The molecule has 0 aliphatic heterocycles. The van der Waals surface area contributed by atoms with Crippen molar-refractivity contribution in [2.24, 2.45) is 0 Å². The number of hydrogen-bond acceptors (Lipinski definition) is 5. The Morgan fingerprint density at radius 2 is 2.10 bits per heavy atom. The molecule has 0 aliphatic carbocycles. The van der Waals surface area contributed by atoms with E-state index in [2.05, 4.69) is 15.3 Å². The topological polar surface area (TPSA) is 81.0 Å². The van der Waals surface area contributed by atoms with Crippen LogP contribution in [0.25, 0.3) is 11.3 Å². The number of aryl methyl sites for hydroxylation is 1. The maximum atomic E-state index is 11.4. The molecule has 0 amide bonds. The molecule has 0 saturated carbocycles. The van der Waals surface area contributed by atoms with Gasteiger partial charge in [-0.15, -0.1) is 0 Å². The van der Waals surface area contributed by atoms with Gasteiger partial charge in [-0.25, -0.2) is 9.97 Å². The van der Waals surface area contributed by atoms with Crippen LogP contribution in [0.2, 0.25) is 0 Å². The van der Waals surface area contributed by atoms with E-state index in [0.29, 0.717) is 12.2 Å². The van der Waals surface area contributed by atoms with E-state index in [1.54, 1.807) is 0 Å². The monoisotopic (exact) mass is 286 g/mol. The first kappa shape index (κ1) is 14.9. The molecule has 0 unspecified atom stereocenters. The number of rotatable bonds is 6. The summed E-state index contributed by atoms with van der Waals surface area (Å²) < 4.78 is 0. The molecule has 6 nitrogen and oxygen atoms in total. The van der Waals surface area contributed by atoms with E-state index >= 15 is 0 Å². The SMILES string of the molecule is CCCNc1ncnc(-c2cccc(CC)c2)c1[N+](=O)[O-]. The van der Waals surface area contributed by atoms with E-state index in [0.717, 1.165) is 24.0 Å². The maximum Gasteiger partial charge on any atom is 0.337 e. The van der Waals surface area contributed by atoms with Crippen LogP contribution in [0.4, 0.5) is 11.5 Å². The smallest absolute Gasteiger partial charge is 0.337 e. The molecule has 0 radical (unpaired) electrons. The fourth-order valence-electron chi connectivity index (χ4n) is 2.07. The first-order chi connectivity index (χ1) is 10.2. The fraction of sp³-hybridized carbons (Fsp3) is 0.333. The lowest BCUT2D eigenvalue weighted by atomic mass is 10.1. The lowest BCUT2D eigenvalue weighted by Gasteiger charge is -2.08. The molecule has 110 valence electrons. The van der Waals surface area contributed by atoms with Gasteiger partial charge in [-0.1, -0.05) is 32.0 Å². The number of nitrogens with zero attached hydrogens (tertiary/aromatic N) is 3. The molecular formula is C15H18N4O2. The van der Waals surface area contributed by atoms with Crippen LogP contribution in [0.15, 0.2) is 30.6 Å². The predicted octanol–water partition coefficient (Wildman–Crippen LogP) is 3.44. The summed E-state index contributed by atoms with van der Waals surface area (Å²) in [7, 11) is 0. The highest BCUT2D eigenvalue weighted by atomic mass is 16.6. The van der Waals surface area contributed by atoms with E-state index in [4.69, 9.17) is 0 Å². The van der Waals surface area contributed by atoms with Crippen molar-refractivity contribution < 1.29 is 4.92 Å². The van der Waals surface area contributed by atoms with Gasteiger partial charge in [0.05, 0.1) is 4.92 Å². The van der Waals surface area contributed by atoms with Gasteiger partial charge in [0.2, 0.25) is 5.82 Å². The van der Waals surface area contributed by atoms with E-state index in [9.17, 15) is 10.1 Å². The highest BCUT2D eigenvalue weighted by molar-refractivity contribution is 5.76. The third-order valence-corrected chi connectivity index (χ3v) is 3.16. The second-order valence-corrected chi connectivity index (χ2v) is 4.66. The van der Waals surface area contributed by atoms with E-state index in [1.165, 1.54) is 6.33 Å². The summed E-state index contributed by atoms with van der Waals surface area (Å²) in [5, 5.41) is 14.4. The van der Waals surface area contributed by atoms with Crippen molar-refractivity contribution >= 4 is 11.5 Å². The van der Waals surface area contributed by atoms with Gasteiger partial charge in [-0.3, -0.25) is 10.1 Å². The van der Waals surface area contributed by atoms with Crippen LogP contribution in [0.5, 0.6) is 0 Å². The van der Waals surface area contributed by atoms with Crippen LogP contribution in [-0.2, 0) is 6.42 Å². The van der Waals surface area contributed by atoms with Crippen LogP contribution in [0.1, 0.15) is 25.8 Å². The normalized spacial score (nSPS) is 10.4. The lowest BCUT2D eigenvalue weighted by molar-refractivity contribution is -0.383. The minimum Gasteiger partial charge on any atom is -0.364 e. The Kier molecular flexibility index (Phi) is 4.81. The Bertz CT molecular complexity index is 643. The molecule has 2 aromatic rings. The van der Waals surface area contributed by atoms with Gasteiger partial charge >= 0.3 is 5.69 Å². The van der Waals surface area contributed by atoms with Gasteiger partial charge in [0, 0.05) is 12.1 Å².